The van der Waals surface area contributed by atoms with E-state index in [-0.39, 0.29) is 70.9 Å². The summed E-state index contributed by atoms with van der Waals surface area (Å²) in [5.74, 6) is -1.10. The molecule has 14 nitrogen and oxygen atoms in total. The van der Waals surface area contributed by atoms with Crippen LogP contribution in [-0.4, -0.2) is 77.3 Å². The van der Waals surface area contributed by atoms with Crippen molar-refractivity contribution in [3.05, 3.63) is 80.0 Å². The molecule has 1 unspecified atom stereocenters. The lowest BCUT2D eigenvalue weighted by Crippen LogP contribution is -2.47. The van der Waals surface area contributed by atoms with Crippen molar-refractivity contribution in [1.29, 1.82) is 0 Å². The molecule has 0 aliphatic carbocycles. The number of alkyl halides is 3. The third-order valence-electron chi connectivity index (χ3n) is 9.22. The molecule has 276 valence electrons. The van der Waals surface area contributed by atoms with Gasteiger partial charge in [-0.3, -0.25) is 14.4 Å². The molecule has 3 aliphatic heterocycles. The second-order valence-corrected chi connectivity index (χ2v) is 12.7. The molecule has 3 aliphatic rings. The summed E-state index contributed by atoms with van der Waals surface area (Å²) in [7, 11) is 0. The van der Waals surface area contributed by atoms with Crippen molar-refractivity contribution in [2.45, 2.75) is 71.4 Å². The summed E-state index contributed by atoms with van der Waals surface area (Å²) in [4.78, 5) is 55.2. The van der Waals surface area contributed by atoms with Crippen LogP contribution in [-0.2, 0) is 32.6 Å². The number of nitrogens with zero attached hydrogens (tertiary/aromatic N) is 7. The molecule has 0 saturated carbocycles. The van der Waals surface area contributed by atoms with Crippen molar-refractivity contribution in [2.75, 3.05) is 31.6 Å². The molecule has 1 fully saturated rings. The SMILES string of the molecule is CC.Cc1ncnc(C(=O)N2CCC3(CC2)OC(C)c2c3c(=O)n3nc(C4=CCOCC4)nc3n2CC(=O)Nc2ccc(C(F)(F)F)cc2Cl)c1O. The summed E-state index contributed by atoms with van der Waals surface area (Å²) in [6.07, 6.45) is -1.39. The van der Waals surface area contributed by atoms with Crippen LogP contribution in [0.1, 0.15) is 85.0 Å². The Labute approximate surface area is 300 Å². The van der Waals surface area contributed by atoms with Gasteiger partial charge in [-0.25, -0.2) is 9.97 Å². The summed E-state index contributed by atoms with van der Waals surface area (Å²) in [5.41, 5.74) is -1.09. The van der Waals surface area contributed by atoms with Crippen molar-refractivity contribution < 1.29 is 37.3 Å². The minimum Gasteiger partial charge on any atom is -0.504 e. The fourth-order valence-corrected chi connectivity index (χ4v) is 6.97. The molecule has 1 atom stereocenters. The van der Waals surface area contributed by atoms with Gasteiger partial charge < -0.3 is 29.4 Å². The number of amides is 2. The van der Waals surface area contributed by atoms with Gasteiger partial charge in [0.05, 0.1) is 52.5 Å². The quantitative estimate of drug-likeness (QED) is 0.282. The minimum atomic E-state index is -4.62. The molecular weight excluding hydrogens is 709 g/mol. The van der Waals surface area contributed by atoms with E-state index in [2.05, 4.69) is 25.4 Å². The van der Waals surface area contributed by atoms with E-state index in [1.54, 1.807) is 13.8 Å². The number of aryl methyl sites for hydroxylation is 1. The first-order chi connectivity index (χ1) is 24.8. The van der Waals surface area contributed by atoms with Gasteiger partial charge in [0.1, 0.15) is 18.5 Å². The number of piperidine rings is 1. The van der Waals surface area contributed by atoms with Crippen LogP contribution >= 0.6 is 11.6 Å². The van der Waals surface area contributed by atoms with Crippen LogP contribution in [0.25, 0.3) is 11.4 Å². The Morgan fingerprint density at radius 3 is 2.56 bits per heavy atom. The number of carbonyl (C=O) groups is 2. The van der Waals surface area contributed by atoms with Crippen LogP contribution in [0, 0.1) is 6.92 Å². The van der Waals surface area contributed by atoms with Gasteiger partial charge in [0.25, 0.3) is 11.5 Å². The van der Waals surface area contributed by atoms with E-state index in [9.17, 15) is 32.7 Å². The minimum absolute atomic E-state index is 0.0318. The summed E-state index contributed by atoms with van der Waals surface area (Å²) < 4.78 is 54.2. The molecular formula is C34H36ClF3N8O6. The standard InChI is InChI=1S/C32H30ClF3N8O6.C2H6/c1-16-26(46)24(38-15-37-16)29(48)42-9-7-31(8-10-42)23-25(17(2)50-31)43(14-22(45)39-21-4-3-19(13-20(21)33)32(34,35)36)30-40-27(41-44(30)28(23)47)18-5-11-49-12-6-18;1-2/h3-5,13,15,17,46H,6-12,14H2,1-2H3,(H,39,45);1-2H3. The van der Waals surface area contributed by atoms with E-state index in [1.165, 1.54) is 15.8 Å². The van der Waals surface area contributed by atoms with Gasteiger partial charge in [-0.05, 0) is 56.9 Å². The molecule has 2 N–H and O–H groups in total. The third-order valence-corrected chi connectivity index (χ3v) is 9.53. The number of carbonyl (C=O) groups excluding carboxylic acids is 2. The Hall–Kier alpha value is -4.87. The van der Waals surface area contributed by atoms with Crippen molar-refractivity contribution in [3.8, 4) is 5.75 Å². The number of anilines is 1. The summed E-state index contributed by atoms with van der Waals surface area (Å²) in [6.45, 7) is 7.99. The van der Waals surface area contributed by atoms with Gasteiger partial charge in [0.15, 0.2) is 17.3 Å². The lowest BCUT2D eigenvalue weighted by atomic mass is 9.85. The van der Waals surface area contributed by atoms with Crippen molar-refractivity contribution in [1.82, 2.24) is 34.0 Å². The zero-order valence-electron chi connectivity index (χ0n) is 28.8. The second kappa shape index (κ2) is 14.3. The normalized spacial score (nSPS) is 18.1. The lowest BCUT2D eigenvalue weighted by Gasteiger charge is -2.39. The van der Waals surface area contributed by atoms with Crippen molar-refractivity contribution in [2.24, 2.45) is 0 Å². The fraction of sp³-hybridized carbons (Fsp3) is 0.441. The van der Waals surface area contributed by atoms with Crippen molar-refractivity contribution >= 4 is 40.5 Å². The summed E-state index contributed by atoms with van der Waals surface area (Å²) in [6, 6.07) is 2.61. The smallest absolute Gasteiger partial charge is 0.416 e. The number of rotatable bonds is 5. The van der Waals surface area contributed by atoms with E-state index in [4.69, 9.17) is 21.1 Å². The molecule has 1 spiro atoms. The summed E-state index contributed by atoms with van der Waals surface area (Å²) in [5, 5.41) is 17.2. The van der Waals surface area contributed by atoms with Gasteiger partial charge in [0.2, 0.25) is 11.7 Å². The average molecular weight is 745 g/mol. The molecule has 1 aromatic carbocycles. The number of hydrogen-bond acceptors (Lipinski definition) is 10. The van der Waals surface area contributed by atoms with E-state index >= 15 is 0 Å². The molecule has 2 amide bonds. The maximum absolute atomic E-state index is 14.3. The maximum atomic E-state index is 14.3. The van der Waals surface area contributed by atoms with E-state index < -0.39 is 47.4 Å². The number of aromatic nitrogens is 6. The zero-order chi connectivity index (χ0) is 37.5. The number of benzene rings is 1. The highest BCUT2D eigenvalue weighted by molar-refractivity contribution is 6.33. The molecule has 52 heavy (non-hydrogen) atoms. The average Bonchev–Trinajstić information content (AvgIpc) is 3.70. The highest BCUT2D eigenvalue weighted by Crippen LogP contribution is 2.48. The number of aromatic hydroxyl groups is 1. The second-order valence-electron chi connectivity index (χ2n) is 12.3. The Kier molecular flexibility index (Phi) is 10.1. The predicted molar refractivity (Wildman–Crippen MR) is 182 cm³/mol. The Morgan fingerprint density at radius 2 is 1.90 bits per heavy atom. The molecule has 0 radical (unpaired) electrons. The van der Waals surface area contributed by atoms with E-state index in [0.29, 0.717) is 25.3 Å². The van der Waals surface area contributed by atoms with Gasteiger partial charge in [0, 0.05) is 13.1 Å². The first-order valence-corrected chi connectivity index (χ1v) is 17.1. The Balaban J connectivity index is 0.00000228. The number of fused-ring (bicyclic) bond motifs is 3. The largest absolute Gasteiger partial charge is 0.504 e. The van der Waals surface area contributed by atoms with Gasteiger partial charge in [-0.2, -0.15) is 22.7 Å². The van der Waals surface area contributed by atoms with Gasteiger partial charge in [-0.15, -0.1) is 5.10 Å². The number of halogens is 4. The number of ether oxygens (including phenoxy) is 2. The monoisotopic (exact) mass is 744 g/mol. The molecule has 4 aromatic rings. The van der Waals surface area contributed by atoms with Crippen LogP contribution in [0.2, 0.25) is 5.02 Å². The molecule has 0 bridgehead atoms. The Bertz CT molecular complexity index is 2140. The van der Waals surface area contributed by atoms with E-state index in [0.717, 1.165) is 28.3 Å². The predicted octanol–water partition coefficient (Wildman–Crippen LogP) is 5.06. The highest BCUT2D eigenvalue weighted by Gasteiger charge is 2.50. The van der Waals surface area contributed by atoms with Crippen LogP contribution in [0.5, 0.6) is 5.75 Å². The lowest BCUT2D eigenvalue weighted by molar-refractivity contribution is -0.137. The van der Waals surface area contributed by atoms with Crippen LogP contribution in [0.4, 0.5) is 18.9 Å². The zero-order valence-corrected chi connectivity index (χ0v) is 29.5. The third kappa shape index (κ3) is 6.63. The Morgan fingerprint density at radius 1 is 1.17 bits per heavy atom. The maximum Gasteiger partial charge on any atom is 0.416 e. The molecule has 18 heteroatoms. The molecule has 6 heterocycles. The number of hydrogen-bond donors (Lipinski definition) is 2. The first kappa shape index (κ1) is 36.9. The molecule has 3 aromatic heterocycles. The number of likely N-dealkylation sites (tertiary alicyclic amines) is 1. The van der Waals surface area contributed by atoms with Crippen LogP contribution in [0.3, 0.4) is 0 Å². The van der Waals surface area contributed by atoms with E-state index in [1.807, 2.05) is 19.9 Å². The van der Waals surface area contributed by atoms with Gasteiger partial charge in [-0.1, -0.05) is 31.5 Å². The van der Waals surface area contributed by atoms with Crippen LogP contribution < -0.4 is 10.9 Å². The fourth-order valence-electron chi connectivity index (χ4n) is 6.74. The highest BCUT2D eigenvalue weighted by atomic mass is 35.5. The first-order valence-electron chi connectivity index (χ1n) is 16.7. The molecule has 7 rings (SSSR count). The summed E-state index contributed by atoms with van der Waals surface area (Å²) >= 11 is 6.12. The van der Waals surface area contributed by atoms with Crippen molar-refractivity contribution in [3.63, 3.8) is 0 Å². The molecule has 1 saturated heterocycles. The number of nitrogens with one attached hydrogen (secondary N) is 1. The van der Waals surface area contributed by atoms with Crippen LogP contribution in [0.15, 0.2) is 35.4 Å². The topological polar surface area (TPSA) is 166 Å². The van der Waals surface area contributed by atoms with Gasteiger partial charge >= 0.3 is 6.18 Å².